The monoisotopic (exact) mass is 274 g/mol. The van der Waals surface area contributed by atoms with Crippen LogP contribution in [-0.4, -0.2) is 42.4 Å². The zero-order valence-corrected chi connectivity index (χ0v) is 12.7. The van der Waals surface area contributed by atoms with E-state index in [1.54, 1.807) is 34.8 Å². The largest absolute Gasteiger partial charge is 0.481 e. The molecule has 0 aliphatic carbocycles. The third kappa shape index (κ3) is 4.70. The first-order valence-electron chi connectivity index (χ1n) is 6.39. The van der Waals surface area contributed by atoms with Crippen LogP contribution in [0.15, 0.2) is 0 Å². The van der Waals surface area contributed by atoms with Crippen LogP contribution in [0.1, 0.15) is 41.0 Å². The fourth-order valence-corrected chi connectivity index (χ4v) is 1.39. The predicted molar refractivity (Wildman–Crippen MR) is 73.1 cm³/mol. The van der Waals surface area contributed by atoms with E-state index >= 15 is 0 Å². The van der Waals surface area contributed by atoms with Crippen LogP contribution < -0.4 is 10.6 Å². The lowest BCUT2D eigenvalue weighted by atomic mass is 9.74. The summed E-state index contributed by atoms with van der Waals surface area (Å²) in [5, 5.41) is 14.7. The lowest BCUT2D eigenvalue weighted by Gasteiger charge is -2.39. The quantitative estimate of drug-likeness (QED) is 0.658. The van der Waals surface area contributed by atoms with Crippen LogP contribution in [0, 0.1) is 5.41 Å². The average molecular weight is 274 g/mol. The second kappa shape index (κ2) is 6.75. The lowest BCUT2D eigenvalue weighted by Crippen LogP contribution is -2.60. The van der Waals surface area contributed by atoms with E-state index in [2.05, 4.69) is 10.6 Å². The van der Waals surface area contributed by atoms with Gasteiger partial charge >= 0.3 is 12.0 Å². The third-order valence-corrected chi connectivity index (χ3v) is 3.72. The molecule has 0 rings (SSSR count). The first kappa shape index (κ1) is 17.7. The first-order valence-corrected chi connectivity index (χ1v) is 6.39. The van der Waals surface area contributed by atoms with Crippen molar-refractivity contribution in [3.8, 4) is 0 Å². The molecule has 2 amide bonds. The zero-order chi connectivity index (χ0) is 15.3. The van der Waals surface area contributed by atoms with Crippen molar-refractivity contribution in [3.63, 3.8) is 0 Å². The van der Waals surface area contributed by atoms with Gasteiger partial charge in [0.25, 0.3) is 0 Å². The van der Waals surface area contributed by atoms with Gasteiger partial charge in [0.2, 0.25) is 0 Å². The van der Waals surface area contributed by atoms with Gasteiger partial charge in [0, 0.05) is 7.11 Å². The molecule has 1 atom stereocenters. The molecular formula is C13H26N2O4. The predicted octanol–water partition coefficient (Wildman–Crippen LogP) is 1.60. The van der Waals surface area contributed by atoms with Crippen LogP contribution in [0.4, 0.5) is 4.79 Å². The number of amides is 2. The summed E-state index contributed by atoms with van der Waals surface area (Å²) < 4.78 is 4.99. The highest BCUT2D eigenvalue weighted by Gasteiger charge is 2.44. The van der Waals surface area contributed by atoms with Crippen LogP contribution in [0.2, 0.25) is 0 Å². The molecule has 0 aliphatic rings. The molecule has 0 fully saturated rings. The Bertz CT molecular complexity index is 327. The molecule has 0 aromatic carbocycles. The van der Waals surface area contributed by atoms with Crippen molar-refractivity contribution in [2.45, 2.75) is 52.6 Å². The van der Waals surface area contributed by atoms with Gasteiger partial charge < -0.3 is 20.5 Å². The Hall–Kier alpha value is -1.30. The molecular weight excluding hydrogens is 248 g/mol. The topological polar surface area (TPSA) is 87.7 Å². The number of ether oxygens (including phenoxy) is 1. The number of carboxylic acids is 1. The fraction of sp³-hybridized carbons (Fsp3) is 0.846. The summed E-state index contributed by atoms with van der Waals surface area (Å²) in [5.41, 5.74) is -1.96. The van der Waals surface area contributed by atoms with E-state index in [1.165, 1.54) is 0 Å². The van der Waals surface area contributed by atoms with Crippen LogP contribution in [0.5, 0.6) is 0 Å². The summed E-state index contributed by atoms with van der Waals surface area (Å²) >= 11 is 0. The van der Waals surface area contributed by atoms with E-state index in [-0.39, 0.29) is 12.1 Å². The van der Waals surface area contributed by atoms with Gasteiger partial charge in [-0.25, -0.2) is 4.79 Å². The maximum absolute atomic E-state index is 11.9. The summed E-state index contributed by atoms with van der Waals surface area (Å²) in [6.07, 6.45) is 0.740. The summed E-state index contributed by atoms with van der Waals surface area (Å²) in [5.74, 6) is -0.957. The van der Waals surface area contributed by atoms with Gasteiger partial charge in [-0.15, -0.1) is 0 Å². The number of carbonyl (C=O) groups excluding carboxylic acids is 1. The van der Waals surface area contributed by atoms with E-state index in [4.69, 9.17) is 4.74 Å². The van der Waals surface area contributed by atoms with Crippen molar-refractivity contribution < 1.29 is 19.4 Å². The number of hydrogen-bond acceptors (Lipinski definition) is 3. The molecule has 0 aliphatic heterocycles. The molecule has 6 heteroatoms. The van der Waals surface area contributed by atoms with Crippen molar-refractivity contribution >= 4 is 12.0 Å². The van der Waals surface area contributed by atoms with Crippen LogP contribution in [0.25, 0.3) is 0 Å². The molecule has 19 heavy (non-hydrogen) atoms. The molecule has 0 saturated carbocycles. The van der Waals surface area contributed by atoms with E-state index in [9.17, 15) is 14.7 Å². The van der Waals surface area contributed by atoms with E-state index < -0.39 is 16.9 Å². The zero-order valence-electron chi connectivity index (χ0n) is 12.7. The number of aliphatic carboxylic acids is 1. The van der Waals surface area contributed by atoms with E-state index in [1.807, 2.05) is 6.92 Å². The molecule has 0 saturated heterocycles. The summed E-state index contributed by atoms with van der Waals surface area (Å²) in [4.78, 5) is 23.1. The molecule has 0 bridgehead atoms. The molecule has 0 aromatic heterocycles. The van der Waals surface area contributed by atoms with Crippen molar-refractivity contribution in [2.24, 2.45) is 5.41 Å². The van der Waals surface area contributed by atoms with Gasteiger partial charge in [-0.3, -0.25) is 4.79 Å². The van der Waals surface area contributed by atoms with E-state index in [0.717, 1.165) is 6.42 Å². The second-order valence-corrected chi connectivity index (χ2v) is 5.71. The Labute approximate surface area is 114 Å². The molecule has 0 spiro atoms. The molecule has 1 unspecified atom stereocenters. The van der Waals surface area contributed by atoms with Gasteiger partial charge in [-0.2, -0.15) is 0 Å². The number of carbonyl (C=O) groups is 2. The number of hydrogen-bond donors (Lipinski definition) is 3. The first-order chi connectivity index (χ1) is 8.58. The van der Waals surface area contributed by atoms with Crippen molar-refractivity contribution in [2.75, 3.05) is 13.7 Å². The highest BCUT2D eigenvalue weighted by Crippen LogP contribution is 2.30. The minimum absolute atomic E-state index is 0.0891. The maximum Gasteiger partial charge on any atom is 0.315 e. The lowest BCUT2D eigenvalue weighted by molar-refractivity contribution is -0.150. The van der Waals surface area contributed by atoms with Crippen molar-refractivity contribution in [1.29, 1.82) is 0 Å². The van der Waals surface area contributed by atoms with Gasteiger partial charge in [0.1, 0.15) is 0 Å². The van der Waals surface area contributed by atoms with Gasteiger partial charge in [0.15, 0.2) is 0 Å². The average Bonchev–Trinajstić information content (AvgIpc) is 2.27. The van der Waals surface area contributed by atoms with E-state index in [0.29, 0.717) is 6.61 Å². The fourth-order valence-electron chi connectivity index (χ4n) is 1.39. The highest BCUT2D eigenvalue weighted by molar-refractivity contribution is 5.79. The van der Waals surface area contributed by atoms with Crippen LogP contribution >= 0.6 is 0 Å². The Kier molecular flexibility index (Phi) is 6.29. The Morgan fingerprint density at radius 3 is 2.16 bits per heavy atom. The molecule has 0 aromatic rings. The van der Waals surface area contributed by atoms with Gasteiger partial charge in [-0.1, -0.05) is 6.92 Å². The molecule has 3 N–H and O–H groups in total. The third-order valence-electron chi connectivity index (χ3n) is 3.72. The number of nitrogens with one attached hydrogen (secondary N) is 2. The van der Waals surface area contributed by atoms with Gasteiger partial charge in [-0.05, 0) is 34.1 Å². The Morgan fingerprint density at radius 1 is 1.26 bits per heavy atom. The van der Waals surface area contributed by atoms with Crippen molar-refractivity contribution in [3.05, 3.63) is 0 Å². The maximum atomic E-state index is 11.9. The molecule has 112 valence electrons. The normalized spacial score (nSPS) is 13.8. The molecule has 6 nitrogen and oxygen atoms in total. The highest BCUT2D eigenvalue weighted by atomic mass is 16.5. The van der Waals surface area contributed by atoms with Crippen molar-refractivity contribution in [1.82, 2.24) is 10.6 Å². The summed E-state index contributed by atoms with van der Waals surface area (Å²) in [6, 6.07) is -0.475. The van der Waals surface area contributed by atoms with Gasteiger partial charge in [0.05, 0.1) is 23.6 Å². The molecule has 0 radical (unpaired) electrons. The minimum atomic E-state index is -1.08. The summed E-state index contributed by atoms with van der Waals surface area (Å²) in [6.45, 7) is 8.92. The standard InChI is InChI=1S/C13H26N2O4/c1-7-9(8-19-6)14-11(18)15-13(4,5)12(2,3)10(16)17/h9H,7-8H2,1-6H3,(H,16,17)(H2,14,15,18). The van der Waals surface area contributed by atoms with Crippen LogP contribution in [0.3, 0.4) is 0 Å². The molecule has 0 heterocycles. The number of urea groups is 1. The number of carboxylic acid groups (broad SMARTS) is 1. The number of methoxy groups -OCH3 is 1. The Morgan fingerprint density at radius 2 is 1.79 bits per heavy atom. The number of rotatable bonds is 7. The summed E-state index contributed by atoms with van der Waals surface area (Å²) in [7, 11) is 1.57. The minimum Gasteiger partial charge on any atom is -0.481 e. The Balaban J connectivity index is 4.66. The van der Waals surface area contributed by atoms with Crippen LogP contribution in [-0.2, 0) is 9.53 Å². The smallest absolute Gasteiger partial charge is 0.315 e. The second-order valence-electron chi connectivity index (χ2n) is 5.71. The SMILES string of the molecule is CCC(COC)NC(=O)NC(C)(C)C(C)(C)C(=O)O.